The summed E-state index contributed by atoms with van der Waals surface area (Å²) in [6, 6.07) is 7.52. The summed E-state index contributed by atoms with van der Waals surface area (Å²) in [6.45, 7) is 7.18. The van der Waals surface area contributed by atoms with Crippen LogP contribution in [0.3, 0.4) is 0 Å². The fourth-order valence-electron chi connectivity index (χ4n) is 3.02. The number of ketones is 2. The van der Waals surface area contributed by atoms with Crippen LogP contribution in [0.4, 0.5) is 5.69 Å². The first-order valence-electron chi connectivity index (χ1n) is 8.47. The molecule has 138 valence electrons. The van der Waals surface area contributed by atoms with Crippen molar-refractivity contribution in [2.75, 3.05) is 25.5 Å². The summed E-state index contributed by atoms with van der Waals surface area (Å²) in [4.78, 5) is 41.0. The topological polar surface area (TPSA) is 82.3 Å². The highest BCUT2D eigenvalue weighted by Gasteiger charge is 2.21. The number of hydrogen-bond acceptors (Lipinski definition) is 4. The average molecular weight is 355 g/mol. The molecule has 0 bridgehead atoms. The number of benzene rings is 1. The van der Waals surface area contributed by atoms with Crippen LogP contribution in [0.1, 0.15) is 44.6 Å². The summed E-state index contributed by atoms with van der Waals surface area (Å²) in [5, 5.41) is 2.81. The predicted molar refractivity (Wildman–Crippen MR) is 102 cm³/mol. The Hall–Kier alpha value is -2.73. The number of rotatable bonds is 7. The van der Waals surface area contributed by atoms with Gasteiger partial charge in [-0.1, -0.05) is 17.7 Å². The highest BCUT2D eigenvalue weighted by Crippen LogP contribution is 2.19. The van der Waals surface area contributed by atoms with Gasteiger partial charge in [-0.2, -0.15) is 0 Å². The van der Waals surface area contributed by atoms with E-state index in [4.69, 9.17) is 0 Å². The molecule has 26 heavy (non-hydrogen) atoms. The van der Waals surface area contributed by atoms with Crippen molar-refractivity contribution in [3.63, 3.8) is 0 Å². The lowest BCUT2D eigenvalue weighted by Crippen LogP contribution is -2.34. The molecule has 1 aromatic heterocycles. The molecule has 2 N–H and O–H groups in total. The monoisotopic (exact) mass is 355 g/mol. The van der Waals surface area contributed by atoms with Gasteiger partial charge < -0.3 is 10.3 Å². The minimum Gasteiger partial charge on any atom is -0.355 e. The summed E-state index contributed by atoms with van der Waals surface area (Å²) in [5.74, 6) is -0.405. The lowest BCUT2D eigenvalue weighted by molar-refractivity contribution is -0.116. The molecule has 1 aromatic carbocycles. The van der Waals surface area contributed by atoms with E-state index in [1.807, 2.05) is 31.2 Å². The third-order valence-corrected chi connectivity index (χ3v) is 4.23. The average Bonchev–Trinajstić information content (AvgIpc) is 2.84. The number of anilines is 1. The second-order valence-electron chi connectivity index (χ2n) is 6.69. The molecule has 0 spiro atoms. The SMILES string of the molecule is CC(=O)c1c(C)[nH]c(C(=O)CN(C)CC(=O)Nc2ccc(C)cc2)c1C. The summed E-state index contributed by atoms with van der Waals surface area (Å²) in [7, 11) is 1.71. The predicted octanol–water partition coefficient (Wildman–Crippen LogP) is 2.90. The standard InChI is InChI=1S/C20H25N3O3/c1-12-6-8-16(9-7-12)22-18(26)11-23(5)10-17(25)20-13(2)19(15(4)24)14(3)21-20/h6-9,21H,10-11H2,1-5H3,(H,22,26). The smallest absolute Gasteiger partial charge is 0.238 e. The number of nitrogens with one attached hydrogen (secondary N) is 2. The summed E-state index contributed by atoms with van der Waals surface area (Å²) >= 11 is 0. The molecular formula is C20H25N3O3. The van der Waals surface area contributed by atoms with E-state index in [2.05, 4.69) is 10.3 Å². The molecule has 2 rings (SSSR count). The number of aromatic amines is 1. The first kappa shape index (κ1) is 19.6. The molecule has 0 saturated heterocycles. The third-order valence-electron chi connectivity index (χ3n) is 4.23. The van der Waals surface area contributed by atoms with Gasteiger partial charge in [-0.15, -0.1) is 0 Å². The number of aryl methyl sites for hydroxylation is 2. The van der Waals surface area contributed by atoms with Gasteiger partial charge in [-0.3, -0.25) is 19.3 Å². The highest BCUT2D eigenvalue weighted by atomic mass is 16.2. The number of nitrogens with zero attached hydrogens (tertiary/aromatic N) is 1. The van der Waals surface area contributed by atoms with E-state index in [1.54, 1.807) is 25.8 Å². The quantitative estimate of drug-likeness (QED) is 0.748. The zero-order chi connectivity index (χ0) is 19.4. The van der Waals surface area contributed by atoms with E-state index in [1.165, 1.54) is 6.92 Å². The zero-order valence-corrected chi connectivity index (χ0v) is 15.9. The maximum Gasteiger partial charge on any atom is 0.238 e. The molecule has 2 aromatic rings. The Morgan fingerprint density at radius 1 is 1.04 bits per heavy atom. The number of hydrogen-bond donors (Lipinski definition) is 2. The molecule has 6 nitrogen and oxygen atoms in total. The van der Waals surface area contributed by atoms with Crippen molar-refractivity contribution in [3.8, 4) is 0 Å². The zero-order valence-electron chi connectivity index (χ0n) is 15.9. The molecule has 0 aliphatic rings. The number of carbonyl (C=O) groups excluding carboxylic acids is 3. The summed E-state index contributed by atoms with van der Waals surface area (Å²) < 4.78 is 0. The van der Waals surface area contributed by atoms with Gasteiger partial charge in [-0.25, -0.2) is 0 Å². The van der Waals surface area contributed by atoms with Crippen molar-refractivity contribution >= 4 is 23.2 Å². The van der Waals surface area contributed by atoms with E-state index in [9.17, 15) is 14.4 Å². The van der Waals surface area contributed by atoms with Crippen LogP contribution in [0.2, 0.25) is 0 Å². The van der Waals surface area contributed by atoms with Crippen LogP contribution in [0, 0.1) is 20.8 Å². The fourth-order valence-corrected chi connectivity index (χ4v) is 3.02. The molecular weight excluding hydrogens is 330 g/mol. The lowest BCUT2D eigenvalue weighted by Gasteiger charge is -2.15. The van der Waals surface area contributed by atoms with Crippen molar-refractivity contribution < 1.29 is 14.4 Å². The van der Waals surface area contributed by atoms with E-state index >= 15 is 0 Å². The first-order valence-corrected chi connectivity index (χ1v) is 8.47. The molecule has 6 heteroatoms. The number of H-pyrrole nitrogens is 1. The molecule has 0 radical (unpaired) electrons. The van der Waals surface area contributed by atoms with Crippen molar-refractivity contribution in [2.45, 2.75) is 27.7 Å². The Labute approximate surface area is 153 Å². The fraction of sp³-hybridized carbons (Fsp3) is 0.350. The molecule has 0 aliphatic heterocycles. The first-order chi connectivity index (χ1) is 12.2. The number of likely N-dealkylation sites (N-methyl/N-ethyl adjacent to an activating group) is 1. The Morgan fingerprint density at radius 3 is 2.19 bits per heavy atom. The van der Waals surface area contributed by atoms with Gasteiger partial charge in [0.15, 0.2) is 11.6 Å². The molecule has 0 saturated carbocycles. The van der Waals surface area contributed by atoms with Gasteiger partial charge in [0.2, 0.25) is 5.91 Å². The largest absolute Gasteiger partial charge is 0.355 e. The number of Topliss-reactive ketones (excluding diaryl/α,β-unsaturated/α-hetero) is 2. The van der Waals surface area contributed by atoms with E-state index in [0.29, 0.717) is 22.5 Å². The molecule has 1 amide bonds. The highest BCUT2D eigenvalue weighted by molar-refractivity contribution is 6.04. The van der Waals surface area contributed by atoms with Gasteiger partial charge in [0, 0.05) is 16.9 Å². The minimum absolute atomic E-state index is 0.0684. The minimum atomic E-state index is -0.187. The van der Waals surface area contributed by atoms with E-state index in [-0.39, 0.29) is 30.6 Å². The van der Waals surface area contributed by atoms with Crippen LogP contribution in [0.25, 0.3) is 0 Å². The van der Waals surface area contributed by atoms with Crippen LogP contribution in [-0.2, 0) is 4.79 Å². The van der Waals surface area contributed by atoms with Gasteiger partial charge in [0.1, 0.15) is 0 Å². The molecule has 0 unspecified atom stereocenters. The maximum absolute atomic E-state index is 12.5. The van der Waals surface area contributed by atoms with Gasteiger partial charge in [-0.05, 0) is 52.4 Å². The van der Waals surface area contributed by atoms with Crippen molar-refractivity contribution in [1.82, 2.24) is 9.88 Å². The van der Waals surface area contributed by atoms with E-state index in [0.717, 1.165) is 11.3 Å². The van der Waals surface area contributed by atoms with Crippen LogP contribution in [0.5, 0.6) is 0 Å². The van der Waals surface area contributed by atoms with E-state index < -0.39 is 0 Å². The van der Waals surface area contributed by atoms with Crippen LogP contribution in [0.15, 0.2) is 24.3 Å². The van der Waals surface area contributed by atoms with Gasteiger partial charge >= 0.3 is 0 Å². The molecule has 0 atom stereocenters. The van der Waals surface area contributed by atoms with Gasteiger partial charge in [0.25, 0.3) is 0 Å². The number of aromatic nitrogens is 1. The van der Waals surface area contributed by atoms with Crippen molar-refractivity contribution in [2.24, 2.45) is 0 Å². The lowest BCUT2D eigenvalue weighted by atomic mass is 10.1. The van der Waals surface area contributed by atoms with Crippen LogP contribution in [-0.4, -0.2) is 47.5 Å². The molecule has 0 fully saturated rings. The second-order valence-corrected chi connectivity index (χ2v) is 6.69. The number of amides is 1. The molecule has 1 heterocycles. The van der Waals surface area contributed by atoms with Gasteiger partial charge in [0.05, 0.1) is 18.8 Å². The Balaban J connectivity index is 1.97. The third kappa shape index (κ3) is 4.67. The van der Waals surface area contributed by atoms with Crippen molar-refractivity contribution in [1.29, 1.82) is 0 Å². The normalized spacial score (nSPS) is 10.8. The summed E-state index contributed by atoms with van der Waals surface area (Å²) in [5.41, 5.74) is 4.19. The Kier molecular flexibility index (Phi) is 6.10. The summed E-state index contributed by atoms with van der Waals surface area (Å²) in [6.07, 6.45) is 0. The molecule has 0 aliphatic carbocycles. The maximum atomic E-state index is 12.5. The second kappa shape index (κ2) is 8.10. The number of carbonyl (C=O) groups is 3. The van der Waals surface area contributed by atoms with Crippen LogP contribution >= 0.6 is 0 Å². The van der Waals surface area contributed by atoms with Crippen LogP contribution < -0.4 is 5.32 Å². The Morgan fingerprint density at radius 2 is 1.65 bits per heavy atom. The Bertz CT molecular complexity index is 835. The van der Waals surface area contributed by atoms with Crippen molar-refractivity contribution in [3.05, 3.63) is 52.3 Å².